The second-order valence-electron chi connectivity index (χ2n) is 7.71. The summed E-state index contributed by atoms with van der Waals surface area (Å²) in [7, 11) is 0. The lowest BCUT2D eigenvalue weighted by Gasteiger charge is -2.26. The van der Waals surface area contributed by atoms with Gasteiger partial charge in [0, 0.05) is 56.3 Å². The van der Waals surface area contributed by atoms with E-state index < -0.39 is 0 Å². The van der Waals surface area contributed by atoms with Gasteiger partial charge < -0.3 is 4.90 Å². The highest BCUT2D eigenvalue weighted by Crippen LogP contribution is 2.37. The van der Waals surface area contributed by atoms with Crippen molar-refractivity contribution in [2.45, 2.75) is 31.7 Å². The summed E-state index contributed by atoms with van der Waals surface area (Å²) in [5, 5.41) is 0. The van der Waals surface area contributed by atoms with E-state index in [2.05, 4.69) is 35.8 Å². The molecule has 1 aliphatic carbocycles. The minimum atomic E-state index is 0.671. The van der Waals surface area contributed by atoms with Gasteiger partial charge in [0.1, 0.15) is 18.0 Å². The maximum absolute atomic E-state index is 4.56. The molecule has 6 heteroatoms. The summed E-state index contributed by atoms with van der Waals surface area (Å²) in [6, 6.07) is 4.11. The summed E-state index contributed by atoms with van der Waals surface area (Å²) in [6.07, 6.45) is 9.34. The van der Waals surface area contributed by atoms with Crippen molar-refractivity contribution in [1.82, 2.24) is 24.8 Å². The van der Waals surface area contributed by atoms with Gasteiger partial charge in [0.2, 0.25) is 0 Å². The largest absolute Gasteiger partial charge is 0.356 e. The van der Waals surface area contributed by atoms with Crippen LogP contribution in [-0.4, -0.2) is 51.0 Å². The minimum absolute atomic E-state index is 0.671. The summed E-state index contributed by atoms with van der Waals surface area (Å²) in [4.78, 5) is 22.7. The molecule has 2 aliphatic heterocycles. The normalized spacial score (nSPS) is 26.6. The highest BCUT2D eigenvalue weighted by molar-refractivity contribution is 5.42. The zero-order valence-electron chi connectivity index (χ0n) is 14.5. The molecular formula is C19H24N6. The van der Waals surface area contributed by atoms with E-state index in [9.17, 15) is 0 Å². The minimum Gasteiger partial charge on any atom is -0.356 e. The molecule has 2 unspecified atom stereocenters. The van der Waals surface area contributed by atoms with Crippen molar-refractivity contribution in [1.29, 1.82) is 0 Å². The summed E-state index contributed by atoms with van der Waals surface area (Å²) in [5.41, 5.74) is 1.25. The van der Waals surface area contributed by atoms with E-state index in [0.29, 0.717) is 5.92 Å². The van der Waals surface area contributed by atoms with Crippen LogP contribution in [0.3, 0.4) is 0 Å². The van der Waals surface area contributed by atoms with E-state index >= 15 is 0 Å². The predicted molar refractivity (Wildman–Crippen MR) is 95.1 cm³/mol. The molecule has 25 heavy (non-hydrogen) atoms. The molecule has 0 aromatic carbocycles. The summed E-state index contributed by atoms with van der Waals surface area (Å²) in [5.74, 6) is 4.19. The first-order chi connectivity index (χ1) is 12.3. The van der Waals surface area contributed by atoms with E-state index in [4.69, 9.17) is 0 Å². The van der Waals surface area contributed by atoms with Crippen molar-refractivity contribution < 1.29 is 0 Å². The number of likely N-dealkylation sites (tertiary alicyclic amines) is 1. The molecule has 2 saturated heterocycles. The van der Waals surface area contributed by atoms with E-state index in [0.717, 1.165) is 56.2 Å². The number of hydrogen-bond donors (Lipinski definition) is 0. The van der Waals surface area contributed by atoms with Gasteiger partial charge in [-0.2, -0.15) is 0 Å². The molecule has 6 nitrogen and oxygen atoms in total. The smallest absolute Gasteiger partial charge is 0.142 e. The first-order valence-corrected chi connectivity index (χ1v) is 9.40. The third-order valence-electron chi connectivity index (χ3n) is 6.07. The van der Waals surface area contributed by atoms with Crippen LogP contribution in [0.4, 0.5) is 5.82 Å². The molecule has 5 rings (SSSR count). The molecule has 0 bridgehead atoms. The van der Waals surface area contributed by atoms with Gasteiger partial charge in [-0.15, -0.1) is 0 Å². The van der Waals surface area contributed by atoms with Crippen molar-refractivity contribution in [3.63, 3.8) is 0 Å². The van der Waals surface area contributed by atoms with Crippen LogP contribution >= 0.6 is 0 Å². The molecule has 2 aromatic rings. The second-order valence-corrected chi connectivity index (χ2v) is 7.71. The van der Waals surface area contributed by atoms with Gasteiger partial charge in [0.05, 0.1) is 6.54 Å². The zero-order valence-corrected chi connectivity index (χ0v) is 14.5. The summed E-state index contributed by atoms with van der Waals surface area (Å²) >= 11 is 0. The molecule has 0 radical (unpaired) electrons. The Labute approximate surface area is 148 Å². The molecule has 1 saturated carbocycles. The first-order valence-electron chi connectivity index (χ1n) is 9.40. The molecule has 4 heterocycles. The van der Waals surface area contributed by atoms with E-state index in [1.165, 1.54) is 25.0 Å². The number of nitrogens with zero attached hydrogens (tertiary/aromatic N) is 6. The van der Waals surface area contributed by atoms with Crippen LogP contribution in [0.25, 0.3) is 0 Å². The van der Waals surface area contributed by atoms with Gasteiger partial charge in [0.25, 0.3) is 0 Å². The van der Waals surface area contributed by atoms with Gasteiger partial charge in [-0.25, -0.2) is 19.9 Å². The van der Waals surface area contributed by atoms with Crippen LogP contribution in [0.2, 0.25) is 0 Å². The van der Waals surface area contributed by atoms with Crippen LogP contribution in [0, 0.1) is 11.8 Å². The van der Waals surface area contributed by atoms with E-state index in [1.54, 1.807) is 6.33 Å². The average Bonchev–Trinajstić information content (AvgIpc) is 3.13. The maximum Gasteiger partial charge on any atom is 0.142 e. The summed E-state index contributed by atoms with van der Waals surface area (Å²) in [6.45, 7) is 5.36. The Balaban J connectivity index is 1.22. The van der Waals surface area contributed by atoms with Crippen molar-refractivity contribution in [3.8, 4) is 0 Å². The van der Waals surface area contributed by atoms with Crippen LogP contribution in [0.5, 0.6) is 0 Å². The quantitative estimate of drug-likeness (QED) is 0.852. The Morgan fingerprint density at radius 3 is 2.36 bits per heavy atom. The Hall–Kier alpha value is -2.08. The van der Waals surface area contributed by atoms with E-state index in [-0.39, 0.29) is 0 Å². The van der Waals surface area contributed by atoms with Crippen LogP contribution in [0.1, 0.15) is 36.7 Å². The zero-order chi connectivity index (χ0) is 16.6. The fourth-order valence-electron chi connectivity index (χ4n) is 4.48. The molecule has 0 amide bonds. The van der Waals surface area contributed by atoms with Gasteiger partial charge in [-0.05, 0) is 30.7 Å². The number of anilines is 1. The van der Waals surface area contributed by atoms with Gasteiger partial charge in [-0.3, -0.25) is 4.90 Å². The molecule has 2 atom stereocenters. The van der Waals surface area contributed by atoms with Crippen molar-refractivity contribution in [3.05, 3.63) is 42.4 Å². The fraction of sp³-hybridized carbons (Fsp3) is 0.579. The molecule has 2 aromatic heterocycles. The molecule has 130 valence electrons. The van der Waals surface area contributed by atoms with Gasteiger partial charge in [-0.1, -0.05) is 6.42 Å². The second kappa shape index (κ2) is 6.33. The average molecular weight is 336 g/mol. The predicted octanol–water partition coefficient (Wildman–Crippen LogP) is 2.10. The Morgan fingerprint density at radius 1 is 0.920 bits per heavy atom. The number of rotatable bonds is 4. The van der Waals surface area contributed by atoms with Crippen LogP contribution < -0.4 is 4.90 Å². The number of fused-ring (bicyclic) bond motifs is 1. The lowest BCUT2D eigenvalue weighted by molar-refractivity contribution is 0.301. The third kappa shape index (κ3) is 2.99. The van der Waals surface area contributed by atoms with Gasteiger partial charge in [0.15, 0.2) is 0 Å². The molecule has 3 fully saturated rings. The van der Waals surface area contributed by atoms with Crippen molar-refractivity contribution >= 4 is 5.82 Å². The molecule has 3 aliphatic rings. The third-order valence-corrected chi connectivity index (χ3v) is 6.07. The topological polar surface area (TPSA) is 58.0 Å². The number of aromatic nitrogens is 4. The van der Waals surface area contributed by atoms with Crippen molar-refractivity contribution in [2.24, 2.45) is 11.8 Å². The van der Waals surface area contributed by atoms with Crippen LogP contribution in [-0.2, 0) is 6.54 Å². The molecular weight excluding hydrogens is 312 g/mol. The molecule has 0 spiro atoms. The lowest BCUT2D eigenvalue weighted by Crippen LogP contribution is -2.29. The number of hydrogen-bond acceptors (Lipinski definition) is 6. The Morgan fingerprint density at radius 2 is 1.68 bits per heavy atom. The van der Waals surface area contributed by atoms with Crippen LogP contribution in [0.15, 0.2) is 30.9 Å². The lowest BCUT2D eigenvalue weighted by atomic mass is 9.83. The highest BCUT2D eigenvalue weighted by Gasteiger charge is 2.40. The Kier molecular flexibility index (Phi) is 3.85. The fourth-order valence-corrected chi connectivity index (χ4v) is 4.48. The SMILES string of the molecule is c1cnc(CN2CC3CN(c4cc(C5CCC5)ncn4)CC3C2)nc1. The van der Waals surface area contributed by atoms with Gasteiger partial charge >= 0.3 is 0 Å². The molecule has 0 N–H and O–H groups in total. The Bertz CT molecular complexity index is 718. The maximum atomic E-state index is 4.56. The first kappa shape index (κ1) is 15.2. The van der Waals surface area contributed by atoms with Crippen molar-refractivity contribution in [2.75, 3.05) is 31.1 Å². The van der Waals surface area contributed by atoms with E-state index in [1.807, 2.05) is 18.5 Å². The summed E-state index contributed by atoms with van der Waals surface area (Å²) < 4.78 is 0. The highest BCUT2D eigenvalue weighted by atomic mass is 15.3. The monoisotopic (exact) mass is 336 g/mol. The standard InChI is InChI=1S/C19H24N6/c1-3-14(4-1)17-7-19(23-13-22-17)25-10-15-8-24(9-16(15)11-25)12-18-20-5-2-6-21-18/h2,5-7,13-16H,1,3-4,8-12H2.